The van der Waals surface area contributed by atoms with Crippen molar-refractivity contribution >= 4 is 0 Å². The molecule has 0 fully saturated rings. The van der Waals surface area contributed by atoms with Crippen molar-refractivity contribution in [3.05, 3.63) is 29.6 Å². The van der Waals surface area contributed by atoms with Gasteiger partial charge in [-0.2, -0.15) is 5.10 Å². The number of nitrogens with zero attached hydrogens (tertiary/aromatic N) is 2. The molecule has 0 radical (unpaired) electrons. The highest BCUT2D eigenvalue weighted by molar-refractivity contribution is 5.24. The molecule has 84 valence electrons. The summed E-state index contributed by atoms with van der Waals surface area (Å²) in [5.41, 5.74) is 9.66. The lowest BCUT2D eigenvalue weighted by molar-refractivity contribution is 0.619. The van der Waals surface area contributed by atoms with E-state index in [-0.39, 0.29) is 6.04 Å². The van der Waals surface area contributed by atoms with E-state index < -0.39 is 0 Å². The van der Waals surface area contributed by atoms with E-state index in [1.165, 1.54) is 11.3 Å². The Morgan fingerprint density at radius 1 is 1.53 bits per heavy atom. The summed E-state index contributed by atoms with van der Waals surface area (Å²) in [5, 5.41) is 4.39. The van der Waals surface area contributed by atoms with E-state index in [1.54, 1.807) is 0 Å². The largest absolute Gasteiger partial charge is 0.327 e. The van der Waals surface area contributed by atoms with Crippen molar-refractivity contribution in [1.82, 2.24) is 9.78 Å². The van der Waals surface area contributed by atoms with E-state index in [0.717, 1.165) is 25.0 Å². The Morgan fingerprint density at radius 3 is 2.67 bits per heavy atom. The van der Waals surface area contributed by atoms with Crippen LogP contribution in [0.25, 0.3) is 0 Å². The van der Waals surface area contributed by atoms with Gasteiger partial charge in [0.1, 0.15) is 0 Å². The van der Waals surface area contributed by atoms with Crippen molar-refractivity contribution in [2.24, 2.45) is 12.8 Å². The molecule has 1 aromatic rings. The van der Waals surface area contributed by atoms with Gasteiger partial charge in [-0.15, -0.1) is 6.58 Å². The highest BCUT2D eigenvalue weighted by Gasteiger charge is 2.10. The Kier molecular flexibility index (Phi) is 4.09. The Morgan fingerprint density at radius 2 is 2.20 bits per heavy atom. The maximum Gasteiger partial charge on any atom is 0.0628 e. The third-order valence-corrected chi connectivity index (χ3v) is 2.89. The molecule has 15 heavy (non-hydrogen) atoms. The number of rotatable bonds is 5. The van der Waals surface area contributed by atoms with Gasteiger partial charge in [-0.25, -0.2) is 0 Å². The van der Waals surface area contributed by atoms with E-state index in [1.807, 2.05) is 17.8 Å². The van der Waals surface area contributed by atoms with Crippen LogP contribution in [0.4, 0.5) is 0 Å². The van der Waals surface area contributed by atoms with Crippen LogP contribution in [-0.4, -0.2) is 15.8 Å². The minimum absolute atomic E-state index is 0.224. The molecule has 1 atom stereocenters. The summed E-state index contributed by atoms with van der Waals surface area (Å²) in [4.78, 5) is 0. The Bertz CT molecular complexity index is 339. The lowest BCUT2D eigenvalue weighted by atomic mass is 10.0. The molecule has 1 unspecified atom stereocenters. The second-order valence-corrected chi connectivity index (χ2v) is 4.10. The van der Waals surface area contributed by atoms with Crippen molar-refractivity contribution in [2.75, 3.05) is 0 Å². The zero-order valence-electron chi connectivity index (χ0n) is 9.95. The van der Waals surface area contributed by atoms with Crippen LogP contribution in [0.2, 0.25) is 0 Å². The molecule has 0 aliphatic carbocycles. The molecule has 0 aromatic carbocycles. The number of hydrogen-bond acceptors (Lipinski definition) is 2. The lowest BCUT2D eigenvalue weighted by Crippen LogP contribution is -2.19. The zero-order valence-corrected chi connectivity index (χ0v) is 9.95. The summed E-state index contributed by atoms with van der Waals surface area (Å²) in [6.45, 7) is 7.86. The summed E-state index contributed by atoms with van der Waals surface area (Å²) in [6.07, 6.45) is 4.78. The maximum absolute atomic E-state index is 5.94. The van der Waals surface area contributed by atoms with Crippen molar-refractivity contribution in [3.63, 3.8) is 0 Å². The van der Waals surface area contributed by atoms with Gasteiger partial charge >= 0.3 is 0 Å². The normalized spacial score (nSPS) is 12.8. The van der Waals surface area contributed by atoms with Crippen molar-refractivity contribution in [2.45, 2.75) is 39.2 Å². The zero-order chi connectivity index (χ0) is 11.4. The average Bonchev–Trinajstić information content (AvgIpc) is 2.40. The first kappa shape index (κ1) is 12.0. The van der Waals surface area contributed by atoms with Gasteiger partial charge in [0.2, 0.25) is 0 Å². The predicted molar refractivity (Wildman–Crippen MR) is 63.8 cm³/mol. The SMILES string of the molecule is C=CCC(N)CCc1c(C)nn(C)c1C. The van der Waals surface area contributed by atoms with Gasteiger partial charge in [-0.05, 0) is 38.7 Å². The fraction of sp³-hybridized carbons (Fsp3) is 0.583. The van der Waals surface area contributed by atoms with Gasteiger partial charge < -0.3 is 5.73 Å². The van der Waals surface area contributed by atoms with Crippen LogP contribution in [0.5, 0.6) is 0 Å². The molecule has 1 aromatic heterocycles. The molecule has 0 amide bonds. The van der Waals surface area contributed by atoms with Crippen LogP contribution < -0.4 is 5.73 Å². The Labute approximate surface area is 92.0 Å². The first-order valence-corrected chi connectivity index (χ1v) is 5.41. The monoisotopic (exact) mass is 207 g/mol. The van der Waals surface area contributed by atoms with Gasteiger partial charge in [0.25, 0.3) is 0 Å². The molecule has 0 saturated heterocycles. The fourth-order valence-electron chi connectivity index (χ4n) is 1.84. The van der Waals surface area contributed by atoms with Gasteiger partial charge in [0.05, 0.1) is 5.69 Å². The third kappa shape index (κ3) is 2.93. The molecule has 0 aliphatic heterocycles. The van der Waals surface area contributed by atoms with Gasteiger partial charge in [-0.3, -0.25) is 4.68 Å². The number of aromatic nitrogens is 2. The van der Waals surface area contributed by atoms with Gasteiger partial charge in [0, 0.05) is 18.8 Å². The first-order chi connectivity index (χ1) is 7.06. The van der Waals surface area contributed by atoms with E-state index in [2.05, 4.69) is 25.5 Å². The first-order valence-electron chi connectivity index (χ1n) is 5.41. The molecule has 3 heteroatoms. The molecule has 0 saturated carbocycles. The molecule has 0 spiro atoms. The van der Waals surface area contributed by atoms with Crippen molar-refractivity contribution in [1.29, 1.82) is 0 Å². The van der Waals surface area contributed by atoms with E-state index in [9.17, 15) is 0 Å². The fourth-order valence-corrected chi connectivity index (χ4v) is 1.84. The molecule has 1 heterocycles. The standard InChI is InChI=1S/C12H21N3/c1-5-6-11(13)7-8-12-9(2)14-15(4)10(12)3/h5,11H,1,6-8,13H2,2-4H3. The molecule has 1 rings (SSSR count). The molecular weight excluding hydrogens is 186 g/mol. The lowest BCUT2D eigenvalue weighted by Gasteiger charge is -2.08. The number of nitrogens with two attached hydrogens (primary N) is 1. The molecule has 0 aliphatic rings. The van der Waals surface area contributed by atoms with Crippen LogP contribution >= 0.6 is 0 Å². The molecule has 2 N–H and O–H groups in total. The molecular formula is C12H21N3. The smallest absolute Gasteiger partial charge is 0.0628 e. The minimum atomic E-state index is 0.224. The topological polar surface area (TPSA) is 43.8 Å². The summed E-state index contributed by atoms with van der Waals surface area (Å²) >= 11 is 0. The summed E-state index contributed by atoms with van der Waals surface area (Å²) in [7, 11) is 1.98. The third-order valence-electron chi connectivity index (χ3n) is 2.89. The second-order valence-electron chi connectivity index (χ2n) is 4.10. The average molecular weight is 207 g/mol. The van der Waals surface area contributed by atoms with Crippen molar-refractivity contribution < 1.29 is 0 Å². The Balaban J connectivity index is 2.61. The number of hydrogen-bond donors (Lipinski definition) is 1. The maximum atomic E-state index is 5.94. The van der Waals surface area contributed by atoms with E-state index in [4.69, 9.17) is 5.73 Å². The Hall–Kier alpha value is -1.09. The van der Waals surface area contributed by atoms with E-state index >= 15 is 0 Å². The molecule has 0 bridgehead atoms. The quantitative estimate of drug-likeness (QED) is 0.749. The highest BCUT2D eigenvalue weighted by atomic mass is 15.3. The van der Waals surface area contributed by atoms with Crippen LogP contribution in [-0.2, 0) is 13.5 Å². The minimum Gasteiger partial charge on any atom is -0.327 e. The predicted octanol–water partition coefficient (Wildman–Crippen LogP) is 1.87. The number of aryl methyl sites for hydroxylation is 2. The van der Waals surface area contributed by atoms with Crippen LogP contribution in [0.3, 0.4) is 0 Å². The van der Waals surface area contributed by atoms with Crippen LogP contribution in [0.15, 0.2) is 12.7 Å². The summed E-state index contributed by atoms with van der Waals surface area (Å²) in [5.74, 6) is 0. The van der Waals surface area contributed by atoms with Crippen molar-refractivity contribution in [3.8, 4) is 0 Å². The summed E-state index contributed by atoms with van der Waals surface area (Å²) < 4.78 is 1.93. The van der Waals surface area contributed by atoms with E-state index in [0.29, 0.717) is 0 Å². The highest BCUT2D eigenvalue weighted by Crippen LogP contribution is 2.15. The molecule has 3 nitrogen and oxygen atoms in total. The van der Waals surface area contributed by atoms with Crippen LogP contribution in [0.1, 0.15) is 29.8 Å². The second kappa shape index (κ2) is 5.12. The van der Waals surface area contributed by atoms with Crippen LogP contribution in [0, 0.1) is 13.8 Å². The summed E-state index contributed by atoms with van der Waals surface area (Å²) in [6, 6.07) is 0.224. The van der Waals surface area contributed by atoms with Gasteiger partial charge in [0.15, 0.2) is 0 Å². The van der Waals surface area contributed by atoms with Gasteiger partial charge in [-0.1, -0.05) is 6.08 Å².